The second-order valence-electron chi connectivity index (χ2n) is 4.67. The number of ether oxygens (including phenoxy) is 1. The van der Waals surface area contributed by atoms with Crippen molar-refractivity contribution in [1.29, 1.82) is 0 Å². The molecule has 0 N–H and O–H groups in total. The monoisotopic (exact) mass is 293 g/mol. The fourth-order valence-corrected chi connectivity index (χ4v) is 2.04. The molecule has 1 aliphatic carbocycles. The van der Waals surface area contributed by atoms with Gasteiger partial charge in [-0.15, -0.1) is 0 Å². The molecule has 0 aromatic carbocycles. The van der Waals surface area contributed by atoms with E-state index in [4.69, 9.17) is 4.74 Å². The van der Waals surface area contributed by atoms with Crippen LogP contribution in [0.4, 0.5) is 0 Å². The summed E-state index contributed by atoms with van der Waals surface area (Å²) in [7, 11) is 0. The molecule has 6 nitrogen and oxygen atoms in total. The maximum atomic E-state index is 11.9. The van der Waals surface area contributed by atoms with Gasteiger partial charge in [-0.3, -0.25) is 19.7 Å². The summed E-state index contributed by atoms with van der Waals surface area (Å²) >= 11 is 0. The lowest BCUT2D eigenvalue weighted by Crippen LogP contribution is -2.28. The lowest BCUT2D eigenvalue weighted by Gasteiger charge is -2.16. The van der Waals surface area contributed by atoms with Gasteiger partial charge < -0.3 is 4.74 Å². The van der Waals surface area contributed by atoms with Gasteiger partial charge in [-0.1, -0.05) is 18.2 Å². The van der Waals surface area contributed by atoms with Crippen LogP contribution in [0.3, 0.4) is 0 Å². The molecule has 2 atom stereocenters. The zero-order chi connectivity index (χ0) is 15.8. The van der Waals surface area contributed by atoms with E-state index < -0.39 is 22.7 Å². The summed E-state index contributed by atoms with van der Waals surface area (Å²) in [6.07, 6.45) is 8.54. The molecule has 1 aliphatic rings. The first-order valence-corrected chi connectivity index (χ1v) is 6.83. The first-order valence-electron chi connectivity index (χ1n) is 6.83. The van der Waals surface area contributed by atoms with Gasteiger partial charge in [-0.25, -0.2) is 0 Å². The second-order valence-corrected chi connectivity index (χ2v) is 4.67. The maximum Gasteiger partial charge on any atom is 0.309 e. The molecule has 0 aromatic heterocycles. The van der Waals surface area contributed by atoms with Crippen LogP contribution in [-0.2, 0) is 14.3 Å². The third-order valence-electron chi connectivity index (χ3n) is 3.11. The maximum absolute atomic E-state index is 11.9. The normalized spacial score (nSPS) is 19.4. The van der Waals surface area contributed by atoms with Gasteiger partial charge in [0.25, 0.3) is 6.04 Å². The van der Waals surface area contributed by atoms with Gasteiger partial charge in [0.2, 0.25) is 5.78 Å². The minimum atomic E-state index is -1.35. The van der Waals surface area contributed by atoms with Crippen molar-refractivity contribution < 1.29 is 19.2 Å². The highest BCUT2D eigenvalue weighted by Gasteiger charge is 2.29. The van der Waals surface area contributed by atoms with Crippen LogP contribution in [0.25, 0.3) is 0 Å². The minimum Gasteiger partial charge on any atom is -0.466 e. The molecule has 21 heavy (non-hydrogen) atoms. The van der Waals surface area contributed by atoms with Gasteiger partial charge in [0.05, 0.1) is 12.5 Å². The molecular weight excluding hydrogens is 274 g/mol. The van der Waals surface area contributed by atoms with E-state index in [1.807, 2.05) is 19.1 Å². The van der Waals surface area contributed by atoms with Crippen molar-refractivity contribution in [1.82, 2.24) is 0 Å². The van der Waals surface area contributed by atoms with Gasteiger partial charge >= 0.3 is 5.97 Å². The number of carbonyl (C=O) groups excluding carboxylic acids is 2. The number of hydrogen-bond acceptors (Lipinski definition) is 5. The number of nitro groups is 1. The summed E-state index contributed by atoms with van der Waals surface area (Å²) in [5.41, 5.74) is 0.610. The first-order chi connectivity index (χ1) is 9.99. The second kappa shape index (κ2) is 8.14. The summed E-state index contributed by atoms with van der Waals surface area (Å²) in [4.78, 5) is 33.5. The third-order valence-corrected chi connectivity index (χ3v) is 3.11. The van der Waals surface area contributed by atoms with Crippen molar-refractivity contribution in [3.63, 3.8) is 0 Å². The van der Waals surface area contributed by atoms with Crippen LogP contribution in [0.1, 0.15) is 26.7 Å². The summed E-state index contributed by atoms with van der Waals surface area (Å²) in [5, 5.41) is 10.8. The van der Waals surface area contributed by atoms with E-state index in [2.05, 4.69) is 0 Å². The number of allylic oxidation sites excluding steroid dienone is 4. The van der Waals surface area contributed by atoms with E-state index in [0.717, 1.165) is 0 Å². The molecule has 114 valence electrons. The van der Waals surface area contributed by atoms with E-state index >= 15 is 0 Å². The molecule has 0 spiro atoms. The Labute approximate surface area is 123 Å². The molecule has 0 saturated heterocycles. The smallest absolute Gasteiger partial charge is 0.309 e. The van der Waals surface area contributed by atoms with Crippen molar-refractivity contribution in [2.24, 2.45) is 5.92 Å². The van der Waals surface area contributed by atoms with Gasteiger partial charge in [0.15, 0.2) is 0 Å². The predicted octanol–water partition coefficient (Wildman–Crippen LogP) is 2.23. The summed E-state index contributed by atoms with van der Waals surface area (Å²) in [5.74, 6) is -1.29. The predicted molar refractivity (Wildman–Crippen MR) is 77.2 cm³/mol. The van der Waals surface area contributed by atoms with Crippen LogP contribution < -0.4 is 0 Å². The Morgan fingerprint density at radius 2 is 2.24 bits per heavy atom. The SMILES string of the molecule is CC=CCC(CC1=CC([N+](=O)[O-])C(=O)C=C1)C(=O)OCC. The highest BCUT2D eigenvalue weighted by molar-refractivity contribution is 5.96. The summed E-state index contributed by atoms with van der Waals surface area (Å²) < 4.78 is 5.01. The number of nitrogens with zero attached hydrogens (tertiary/aromatic N) is 1. The van der Waals surface area contributed by atoms with E-state index in [1.54, 1.807) is 6.92 Å². The fourth-order valence-electron chi connectivity index (χ4n) is 2.04. The highest BCUT2D eigenvalue weighted by Crippen LogP contribution is 2.22. The number of carbonyl (C=O) groups is 2. The molecule has 0 radical (unpaired) electrons. The molecule has 0 bridgehead atoms. The molecule has 0 aromatic rings. The number of hydrogen-bond donors (Lipinski definition) is 0. The fraction of sp³-hybridized carbons (Fsp3) is 0.467. The third kappa shape index (κ3) is 4.98. The molecule has 0 amide bonds. The van der Waals surface area contributed by atoms with Crippen molar-refractivity contribution in [2.75, 3.05) is 6.61 Å². The van der Waals surface area contributed by atoms with Crippen LogP contribution >= 0.6 is 0 Å². The van der Waals surface area contributed by atoms with Crippen molar-refractivity contribution in [3.05, 3.63) is 46.1 Å². The van der Waals surface area contributed by atoms with Gasteiger partial charge in [0.1, 0.15) is 0 Å². The number of rotatable bonds is 7. The van der Waals surface area contributed by atoms with Crippen molar-refractivity contribution in [2.45, 2.75) is 32.7 Å². The zero-order valence-corrected chi connectivity index (χ0v) is 12.2. The molecule has 2 unspecified atom stereocenters. The van der Waals surface area contributed by atoms with Crippen LogP contribution in [0.5, 0.6) is 0 Å². The lowest BCUT2D eigenvalue weighted by atomic mass is 9.91. The van der Waals surface area contributed by atoms with Crippen molar-refractivity contribution in [3.8, 4) is 0 Å². The van der Waals surface area contributed by atoms with E-state index in [0.29, 0.717) is 18.4 Å². The zero-order valence-electron chi connectivity index (χ0n) is 12.2. The van der Waals surface area contributed by atoms with Crippen LogP contribution in [0.15, 0.2) is 36.0 Å². The van der Waals surface area contributed by atoms with Gasteiger partial charge in [-0.05, 0) is 38.3 Å². The van der Waals surface area contributed by atoms with Gasteiger partial charge in [0, 0.05) is 11.0 Å². The number of ketones is 1. The molecule has 0 fully saturated rings. The Kier molecular flexibility index (Phi) is 6.52. The van der Waals surface area contributed by atoms with E-state index in [1.165, 1.54) is 18.2 Å². The van der Waals surface area contributed by atoms with Crippen LogP contribution in [0.2, 0.25) is 0 Å². The molecule has 1 rings (SSSR count). The van der Waals surface area contributed by atoms with Crippen LogP contribution in [-0.4, -0.2) is 29.3 Å². The topological polar surface area (TPSA) is 86.5 Å². The van der Waals surface area contributed by atoms with Crippen LogP contribution in [0, 0.1) is 16.0 Å². The Bertz CT molecular complexity index is 504. The summed E-state index contributed by atoms with van der Waals surface area (Å²) in [6, 6.07) is -1.35. The lowest BCUT2D eigenvalue weighted by molar-refractivity contribution is -0.494. The van der Waals surface area contributed by atoms with Crippen molar-refractivity contribution >= 4 is 11.8 Å². The molecule has 0 heterocycles. The summed E-state index contributed by atoms with van der Waals surface area (Å²) in [6.45, 7) is 3.87. The molecule has 6 heteroatoms. The Hall–Kier alpha value is -2.24. The number of esters is 1. The Balaban J connectivity index is 2.84. The Morgan fingerprint density at radius 3 is 2.81 bits per heavy atom. The largest absolute Gasteiger partial charge is 0.466 e. The molecule has 0 saturated carbocycles. The standard InChI is InChI=1S/C15H19NO5/c1-3-5-6-12(15(18)21-4-2)9-11-7-8-14(17)13(10-11)16(19)20/h3,5,7-8,10,12-13H,4,6,9H2,1-2H3. The quantitative estimate of drug-likeness (QED) is 0.311. The average molecular weight is 293 g/mol. The average Bonchev–Trinajstić information content (AvgIpc) is 2.45. The molecular formula is C15H19NO5. The Morgan fingerprint density at radius 1 is 1.52 bits per heavy atom. The molecule has 0 aliphatic heterocycles. The van der Waals surface area contributed by atoms with E-state index in [9.17, 15) is 19.7 Å². The first kappa shape index (κ1) is 16.8. The minimum absolute atomic E-state index is 0.288. The highest BCUT2D eigenvalue weighted by atomic mass is 16.6. The van der Waals surface area contributed by atoms with E-state index in [-0.39, 0.29) is 12.6 Å². The van der Waals surface area contributed by atoms with Gasteiger partial charge in [-0.2, -0.15) is 0 Å².